The summed E-state index contributed by atoms with van der Waals surface area (Å²) in [4.78, 5) is 0. The van der Waals surface area contributed by atoms with Crippen molar-refractivity contribution in [3.8, 4) is 5.75 Å². The molecule has 1 saturated carbocycles. The van der Waals surface area contributed by atoms with E-state index in [-0.39, 0.29) is 12.1 Å². The molecule has 0 aromatic heterocycles. The van der Waals surface area contributed by atoms with Crippen molar-refractivity contribution < 1.29 is 9.84 Å². The second kappa shape index (κ2) is 6.30. The first-order valence-electron chi connectivity index (χ1n) is 6.49. The number of hydrogen-bond acceptors (Lipinski definition) is 3. The van der Waals surface area contributed by atoms with Crippen LogP contribution in [-0.4, -0.2) is 24.4 Å². The molecule has 0 saturated heterocycles. The Morgan fingerprint density at radius 1 is 1.28 bits per heavy atom. The highest BCUT2D eigenvalue weighted by Gasteiger charge is 2.22. The van der Waals surface area contributed by atoms with Crippen molar-refractivity contribution in [1.29, 1.82) is 0 Å². The molecule has 4 heteroatoms. The Kier molecular flexibility index (Phi) is 4.72. The van der Waals surface area contributed by atoms with Crippen molar-refractivity contribution in [2.24, 2.45) is 0 Å². The molecule has 0 heterocycles. The third-order valence-electron chi connectivity index (χ3n) is 3.49. The van der Waals surface area contributed by atoms with Crippen molar-refractivity contribution in [3.05, 3.63) is 23.2 Å². The third-order valence-corrected chi connectivity index (χ3v) is 3.82. The first-order valence-corrected chi connectivity index (χ1v) is 6.86. The molecule has 1 fully saturated rings. The van der Waals surface area contributed by atoms with Crippen LogP contribution in [-0.2, 0) is 0 Å². The quantitative estimate of drug-likeness (QED) is 0.826. The van der Waals surface area contributed by atoms with Gasteiger partial charge < -0.3 is 15.2 Å². The molecule has 1 aliphatic carbocycles. The monoisotopic (exact) mass is 269 g/mol. The van der Waals surface area contributed by atoms with Crippen LogP contribution in [0.4, 0.5) is 5.69 Å². The lowest BCUT2D eigenvalue weighted by Crippen LogP contribution is -2.32. The fourth-order valence-electron chi connectivity index (χ4n) is 2.40. The van der Waals surface area contributed by atoms with Gasteiger partial charge >= 0.3 is 0 Å². The Morgan fingerprint density at radius 2 is 2.06 bits per heavy atom. The lowest BCUT2D eigenvalue weighted by Gasteiger charge is -2.23. The van der Waals surface area contributed by atoms with E-state index < -0.39 is 0 Å². The van der Waals surface area contributed by atoms with E-state index in [0.717, 1.165) is 37.1 Å². The summed E-state index contributed by atoms with van der Waals surface area (Å²) in [5.74, 6) is 0.769. The molecule has 2 rings (SSSR count). The fraction of sp³-hybridized carbons (Fsp3) is 0.571. The summed E-state index contributed by atoms with van der Waals surface area (Å²) in [5.41, 5.74) is 0.835. The highest BCUT2D eigenvalue weighted by atomic mass is 35.5. The first-order chi connectivity index (χ1) is 8.70. The lowest BCUT2D eigenvalue weighted by atomic mass is 10.1. The zero-order valence-electron chi connectivity index (χ0n) is 10.7. The number of methoxy groups -OCH3 is 1. The van der Waals surface area contributed by atoms with Gasteiger partial charge in [-0.05, 0) is 25.0 Å². The van der Waals surface area contributed by atoms with Crippen molar-refractivity contribution in [1.82, 2.24) is 0 Å². The second-order valence-electron chi connectivity index (χ2n) is 4.80. The maximum absolute atomic E-state index is 10.1. The number of halogens is 1. The van der Waals surface area contributed by atoms with Crippen LogP contribution in [0.5, 0.6) is 5.75 Å². The van der Waals surface area contributed by atoms with E-state index in [2.05, 4.69) is 5.32 Å². The Hall–Kier alpha value is -0.930. The van der Waals surface area contributed by atoms with Gasteiger partial charge in [0.1, 0.15) is 5.75 Å². The van der Waals surface area contributed by atoms with E-state index in [1.165, 1.54) is 6.42 Å². The Balaban J connectivity index is 2.11. The molecular formula is C14H20ClNO2. The van der Waals surface area contributed by atoms with Crippen LogP contribution in [0.1, 0.15) is 32.1 Å². The van der Waals surface area contributed by atoms with Crippen molar-refractivity contribution in [2.45, 2.75) is 44.2 Å². The second-order valence-corrected chi connectivity index (χ2v) is 5.21. The van der Waals surface area contributed by atoms with E-state index >= 15 is 0 Å². The van der Waals surface area contributed by atoms with E-state index in [0.29, 0.717) is 5.02 Å². The molecule has 0 aliphatic heterocycles. The van der Waals surface area contributed by atoms with E-state index in [4.69, 9.17) is 16.3 Å². The van der Waals surface area contributed by atoms with Crippen LogP contribution in [0.25, 0.3) is 0 Å². The number of benzene rings is 1. The summed E-state index contributed by atoms with van der Waals surface area (Å²) in [6.45, 7) is 0. The Bertz CT molecular complexity index is 397. The van der Waals surface area contributed by atoms with Gasteiger partial charge in [-0.15, -0.1) is 0 Å². The van der Waals surface area contributed by atoms with Crippen LogP contribution in [0.15, 0.2) is 18.2 Å². The molecule has 1 aliphatic rings. The maximum atomic E-state index is 10.1. The Morgan fingerprint density at radius 3 is 2.83 bits per heavy atom. The highest BCUT2D eigenvalue weighted by molar-refractivity contribution is 6.33. The zero-order chi connectivity index (χ0) is 13.0. The van der Waals surface area contributed by atoms with E-state index in [1.807, 2.05) is 18.2 Å². The van der Waals surface area contributed by atoms with Gasteiger partial charge in [0.25, 0.3) is 0 Å². The number of hydrogen-bond donors (Lipinski definition) is 2. The molecule has 1 aromatic rings. The van der Waals surface area contributed by atoms with E-state index in [9.17, 15) is 5.11 Å². The predicted octanol–water partition coefficient (Wildman–Crippen LogP) is 3.45. The zero-order valence-corrected chi connectivity index (χ0v) is 11.4. The van der Waals surface area contributed by atoms with Gasteiger partial charge in [0.05, 0.1) is 30.0 Å². The first kappa shape index (κ1) is 13.5. The molecule has 18 heavy (non-hydrogen) atoms. The van der Waals surface area contributed by atoms with Gasteiger partial charge in [-0.1, -0.05) is 30.9 Å². The number of nitrogens with one attached hydrogen (secondary N) is 1. The SMILES string of the molecule is COc1ccc(Cl)c(NC2CCCCCC2O)c1. The minimum atomic E-state index is -0.297. The highest BCUT2D eigenvalue weighted by Crippen LogP contribution is 2.29. The molecule has 0 spiro atoms. The smallest absolute Gasteiger partial charge is 0.121 e. The van der Waals surface area contributed by atoms with Gasteiger partial charge in [-0.3, -0.25) is 0 Å². The standard InChI is InChI=1S/C14H20ClNO2/c1-18-10-7-8-11(15)13(9-10)16-12-5-3-2-4-6-14(12)17/h7-9,12,14,16-17H,2-6H2,1H3. The number of rotatable bonds is 3. The molecular weight excluding hydrogens is 250 g/mol. The van der Waals surface area contributed by atoms with Crippen LogP contribution < -0.4 is 10.1 Å². The summed E-state index contributed by atoms with van der Waals surface area (Å²) < 4.78 is 5.19. The van der Waals surface area contributed by atoms with Crippen molar-refractivity contribution >= 4 is 17.3 Å². The van der Waals surface area contributed by atoms with Gasteiger partial charge in [-0.2, -0.15) is 0 Å². The van der Waals surface area contributed by atoms with E-state index in [1.54, 1.807) is 7.11 Å². The van der Waals surface area contributed by atoms with Crippen molar-refractivity contribution in [2.75, 3.05) is 12.4 Å². The molecule has 0 amide bonds. The lowest BCUT2D eigenvalue weighted by molar-refractivity contribution is 0.144. The molecule has 0 bridgehead atoms. The summed E-state index contributed by atoms with van der Waals surface area (Å²) in [5, 5.41) is 14.1. The molecule has 2 unspecified atom stereocenters. The van der Waals surface area contributed by atoms with Gasteiger partial charge in [0.2, 0.25) is 0 Å². The molecule has 2 N–H and O–H groups in total. The van der Waals surface area contributed by atoms with Gasteiger partial charge in [-0.25, -0.2) is 0 Å². The van der Waals surface area contributed by atoms with Crippen molar-refractivity contribution in [3.63, 3.8) is 0 Å². The largest absolute Gasteiger partial charge is 0.497 e. The maximum Gasteiger partial charge on any atom is 0.121 e. The van der Waals surface area contributed by atoms with Crippen LogP contribution in [0.3, 0.4) is 0 Å². The molecule has 2 atom stereocenters. The average molecular weight is 270 g/mol. The minimum absolute atomic E-state index is 0.0807. The fourth-order valence-corrected chi connectivity index (χ4v) is 2.57. The number of ether oxygens (including phenoxy) is 1. The molecule has 3 nitrogen and oxygen atoms in total. The third kappa shape index (κ3) is 3.30. The number of aliphatic hydroxyl groups excluding tert-OH is 1. The predicted molar refractivity (Wildman–Crippen MR) is 74.5 cm³/mol. The summed E-state index contributed by atoms with van der Waals surface area (Å²) >= 11 is 6.16. The normalized spacial score (nSPS) is 24.4. The average Bonchev–Trinajstić information content (AvgIpc) is 2.58. The number of anilines is 1. The molecule has 1 aromatic carbocycles. The summed E-state index contributed by atoms with van der Waals surface area (Å²) in [6, 6.07) is 5.60. The van der Waals surface area contributed by atoms with Gasteiger partial charge in [0, 0.05) is 6.07 Å². The minimum Gasteiger partial charge on any atom is -0.497 e. The topological polar surface area (TPSA) is 41.5 Å². The molecule has 100 valence electrons. The van der Waals surface area contributed by atoms with Crippen LogP contribution in [0, 0.1) is 0 Å². The van der Waals surface area contributed by atoms with Crippen LogP contribution >= 0.6 is 11.6 Å². The molecule has 0 radical (unpaired) electrons. The summed E-state index contributed by atoms with van der Waals surface area (Å²) in [7, 11) is 1.63. The Labute approximate surface area is 113 Å². The number of aliphatic hydroxyl groups is 1. The summed E-state index contributed by atoms with van der Waals surface area (Å²) in [6.07, 6.45) is 4.99. The van der Waals surface area contributed by atoms with Gasteiger partial charge in [0.15, 0.2) is 0 Å². The van der Waals surface area contributed by atoms with Crippen LogP contribution in [0.2, 0.25) is 5.02 Å².